The van der Waals surface area contributed by atoms with Crippen molar-refractivity contribution in [3.8, 4) is 17.0 Å². The maximum atomic E-state index is 5.24. The van der Waals surface area contributed by atoms with Crippen molar-refractivity contribution in [2.24, 2.45) is 0 Å². The molecule has 3 nitrogen and oxygen atoms in total. The molecule has 0 saturated carbocycles. The van der Waals surface area contributed by atoms with E-state index in [2.05, 4.69) is 9.97 Å². The summed E-state index contributed by atoms with van der Waals surface area (Å²) in [4.78, 5) is 8.52. The lowest BCUT2D eigenvalue weighted by molar-refractivity contribution is 0.415. The Balaban J connectivity index is 2.49. The van der Waals surface area contributed by atoms with Crippen molar-refractivity contribution in [1.82, 2.24) is 9.97 Å². The van der Waals surface area contributed by atoms with Gasteiger partial charge in [-0.15, -0.1) is 0 Å². The lowest BCUT2D eigenvalue weighted by atomic mass is 10.1. The van der Waals surface area contributed by atoms with Gasteiger partial charge in [0.1, 0.15) is 11.4 Å². The first kappa shape index (κ1) is 9.65. The number of methoxy groups -OCH3 is 1. The van der Waals surface area contributed by atoms with E-state index in [0.29, 0.717) is 0 Å². The molecule has 0 atom stereocenters. The Morgan fingerprint density at radius 2 is 2.00 bits per heavy atom. The zero-order valence-electron chi connectivity index (χ0n) is 8.77. The van der Waals surface area contributed by atoms with Crippen molar-refractivity contribution < 1.29 is 4.74 Å². The topological polar surface area (TPSA) is 35.0 Å². The van der Waals surface area contributed by atoms with Crippen molar-refractivity contribution in [3.05, 3.63) is 42.4 Å². The average Bonchev–Trinajstić information content (AvgIpc) is 2.30. The van der Waals surface area contributed by atoms with Gasteiger partial charge < -0.3 is 4.74 Å². The Morgan fingerprint density at radius 3 is 2.67 bits per heavy atom. The third-order valence-electron chi connectivity index (χ3n) is 2.18. The van der Waals surface area contributed by atoms with Crippen LogP contribution in [0.5, 0.6) is 5.75 Å². The number of pyridine rings is 2. The molecule has 0 fully saturated rings. The van der Waals surface area contributed by atoms with Crippen molar-refractivity contribution >= 4 is 0 Å². The van der Waals surface area contributed by atoms with Gasteiger partial charge in [-0.3, -0.25) is 9.97 Å². The first-order valence-corrected chi connectivity index (χ1v) is 4.73. The second-order valence-corrected chi connectivity index (χ2v) is 3.24. The maximum absolute atomic E-state index is 5.24. The Morgan fingerprint density at radius 1 is 1.13 bits per heavy atom. The lowest BCUT2D eigenvalue weighted by Crippen LogP contribution is -1.91. The molecule has 0 unspecified atom stereocenters. The van der Waals surface area contributed by atoms with E-state index in [1.54, 1.807) is 19.5 Å². The van der Waals surface area contributed by atoms with Gasteiger partial charge in [-0.2, -0.15) is 0 Å². The molecule has 0 aromatic carbocycles. The molecule has 0 radical (unpaired) electrons. The summed E-state index contributed by atoms with van der Waals surface area (Å²) in [6, 6.07) is 7.70. The normalized spacial score (nSPS) is 10.0. The number of aromatic nitrogens is 2. The predicted molar refractivity (Wildman–Crippen MR) is 58.8 cm³/mol. The largest absolute Gasteiger partial charge is 0.494 e. The van der Waals surface area contributed by atoms with Gasteiger partial charge in [-0.1, -0.05) is 0 Å². The molecule has 0 aliphatic carbocycles. The zero-order chi connectivity index (χ0) is 10.7. The van der Waals surface area contributed by atoms with Gasteiger partial charge in [0.2, 0.25) is 0 Å². The van der Waals surface area contributed by atoms with Crippen LogP contribution >= 0.6 is 0 Å². The van der Waals surface area contributed by atoms with Gasteiger partial charge in [0.15, 0.2) is 0 Å². The fourth-order valence-electron chi connectivity index (χ4n) is 1.38. The lowest BCUT2D eigenvalue weighted by Gasteiger charge is -2.06. The number of rotatable bonds is 2. The Bertz CT molecular complexity index is 451. The fraction of sp³-hybridized carbons (Fsp3) is 0.167. The molecule has 2 rings (SSSR count). The highest BCUT2D eigenvalue weighted by Crippen LogP contribution is 2.26. The van der Waals surface area contributed by atoms with Crippen LogP contribution in [0.4, 0.5) is 0 Å². The summed E-state index contributed by atoms with van der Waals surface area (Å²) >= 11 is 0. The molecule has 76 valence electrons. The number of hydrogen-bond donors (Lipinski definition) is 0. The monoisotopic (exact) mass is 200 g/mol. The van der Waals surface area contributed by atoms with E-state index in [9.17, 15) is 0 Å². The van der Waals surface area contributed by atoms with Crippen LogP contribution in [-0.4, -0.2) is 17.1 Å². The minimum absolute atomic E-state index is 0.767. The third-order valence-corrected chi connectivity index (χ3v) is 2.18. The van der Waals surface area contributed by atoms with Crippen LogP contribution in [0.1, 0.15) is 5.69 Å². The van der Waals surface area contributed by atoms with Gasteiger partial charge >= 0.3 is 0 Å². The third kappa shape index (κ3) is 1.96. The Labute approximate surface area is 88.8 Å². The summed E-state index contributed by atoms with van der Waals surface area (Å²) in [7, 11) is 1.64. The molecule has 0 amide bonds. The van der Waals surface area contributed by atoms with Crippen molar-refractivity contribution in [2.75, 3.05) is 7.11 Å². The first-order chi connectivity index (χ1) is 7.31. The minimum Gasteiger partial charge on any atom is -0.494 e. The SMILES string of the molecule is COc1cccnc1-c1ccc(C)nc1. The number of aryl methyl sites for hydroxylation is 1. The highest BCUT2D eigenvalue weighted by atomic mass is 16.5. The quantitative estimate of drug-likeness (QED) is 0.747. The first-order valence-electron chi connectivity index (χ1n) is 4.73. The molecule has 0 saturated heterocycles. The van der Waals surface area contributed by atoms with E-state index in [1.165, 1.54) is 0 Å². The zero-order valence-corrected chi connectivity index (χ0v) is 8.77. The summed E-state index contributed by atoms with van der Waals surface area (Å²) < 4.78 is 5.24. The molecule has 0 aliphatic rings. The summed E-state index contributed by atoms with van der Waals surface area (Å²) in [5, 5.41) is 0. The second-order valence-electron chi connectivity index (χ2n) is 3.24. The second kappa shape index (κ2) is 4.09. The predicted octanol–water partition coefficient (Wildman–Crippen LogP) is 2.46. The van der Waals surface area contributed by atoms with Gasteiger partial charge in [0.25, 0.3) is 0 Å². The van der Waals surface area contributed by atoms with E-state index >= 15 is 0 Å². The van der Waals surface area contributed by atoms with Gasteiger partial charge in [-0.05, 0) is 31.2 Å². The van der Waals surface area contributed by atoms with Crippen molar-refractivity contribution in [2.45, 2.75) is 6.92 Å². The van der Waals surface area contributed by atoms with Gasteiger partial charge in [0.05, 0.1) is 7.11 Å². The van der Waals surface area contributed by atoms with Crippen LogP contribution in [-0.2, 0) is 0 Å². The fourth-order valence-corrected chi connectivity index (χ4v) is 1.38. The van der Waals surface area contributed by atoms with Crippen LogP contribution in [0.25, 0.3) is 11.3 Å². The van der Waals surface area contributed by atoms with E-state index in [0.717, 1.165) is 22.7 Å². The van der Waals surface area contributed by atoms with Crippen LogP contribution in [0.15, 0.2) is 36.7 Å². The van der Waals surface area contributed by atoms with E-state index in [4.69, 9.17) is 4.74 Å². The van der Waals surface area contributed by atoms with Gasteiger partial charge in [-0.25, -0.2) is 0 Å². The highest BCUT2D eigenvalue weighted by molar-refractivity contribution is 5.65. The smallest absolute Gasteiger partial charge is 0.145 e. The summed E-state index contributed by atoms with van der Waals surface area (Å²) in [6.07, 6.45) is 3.55. The standard InChI is InChI=1S/C12H12N2O/c1-9-5-6-10(8-14-9)12-11(15-2)4-3-7-13-12/h3-8H,1-2H3. The van der Waals surface area contributed by atoms with E-state index in [1.807, 2.05) is 31.2 Å². The Hall–Kier alpha value is -1.90. The van der Waals surface area contributed by atoms with Gasteiger partial charge in [0, 0.05) is 23.7 Å². The average molecular weight is 200 g/mol. The van der Waals surface area contributed by atoms with Crippen LogP contribution in [0.2, 0.25) is 0 Å². The van der Waals surface area contributed by atoms with Crippen LogP contribution in [0, 0.1) is 6.92 Å². The molecule has 15 heavy (non-hydrogen) atoms. The molecule has 0 N–H and O–H groups in total. The molecule has 0 aliphatic heterocycles. The molecular weight excluding hydrogens is 188 g/mol. The summed E-state index contributed by atoms with van der Waals surface area (Å²) in [5.74, 6) is 0.767. The molecule has 2 aromatic heterocycles. The van der Waals surface area contributed by atoms with E-state index < -0.39 is 0 Å². The summed E-state index contributed by atoms with van der Waals surface area (Å²) in [5.41, 5.74) is 2.79. The maximum Gasteiger partial charge on any atom is 0.145 e. The molecule has 0 spiro atoms. The van der Waals surface area contributed by atoms with Crippen LogP contribution in [0.3, 0.4) is 0 Å². The molecule has 2 aromatic rings. The summed E-state index contributed by atoms with van der Waals surface area (Å²) in [6.45, 7) is 1.96. The van der Waals surface area contributed by atoms with E-state index in [-0.39, 0.29) is 0 Å². The number of ether oxygens (including phenoxy) is 1. The molecule has 0 bridgehead atoms. The van der Waals surface area contributed by atoms with Crippen molar-refractivity contribution in [1.29, 1.82) is 0 Å². The van der Waals surface area contributed by atoms with Crippen LogP contribution < -0.4 is 4.74 Å². The molecule has 3 heteroatoms. The minimum atomic E-state index is 0.767. The molecule has 2 heterocycles. The number of nitrogens with zero attached hydrogens (tertiary/aromatic N) is 2. The Kier molecular flexibility index (Phi) is 2.63. The molecular formula is C12H12N2O. The van der Waals surface area contributed by atoms with Crippen molar-refractivity contribution in [3.63, 3.8) is 0 Å². The number of hydrogen-bond acceptors (Lipinski definition) is 3. The highest BCUT2D eigenvalue weighted by Gasteiger charge is 2.05.